The molecule has 1 atom stereocenters. The van der Waals surface area contributed by atoms with Crippen molar-refractivity contribution in [2.24, 2.45) is 5.92 Å². The van der Waals surface area contributed by atoms with Crippen molar-refractivity contribution in [1.29, 1.82) is 0 Å². The number of tetrazole rings is 1. The van der Waals surface area contributed by atoms with Gasteiger partial charge in [0.2, 0.25) is 0 Å². The molecule has 2 heterocycles. The van der Waals surface area contributed by atoms with E-state index in [1.165, 1.54) is 44.3 Å². The number of rotatable bonds is 7. The van der Waals surface area contributed by atoms with Crippen molar-refractivity contribution >= 4 is 0 Å². The first-order chi connectivity index (χ1) is 13.7. The van der Waals surface area contributed by atoms with Gasteiger partial charge >= 0.3 is 0 Å². The molecule has 2 aliphatic rings. The SMILES string of the molecule is CC(C)C(c1nnnn1CCc1ccccc1)N1CCN(C2CCCC2)CC1. The second kappa shape index (κ2) is 9.14. The molecule has 1 aromatic carbocycles. The largest absolute Gasteiger partial charge is 0.298 e. The highest BCUT2D eigenvalue weighted by Crippen LogP contribution is 2.30. The van der Waals surface area contributed by atoms with Crippen LogP contribution in [0.5, 0.6) is 0 Å². The Balaban J connectivity index is 1.42. The van der Waals surface area contributed by atoms with E-state index in [1.807, 2.05) is 4.68 Å². The van der Waals surface area contributed by atoms with Crippen molar-refractivity contribution in [3.8, 4) is 0 Å². The quantitative estimate of drug-likeness (QED) is 0.736. The Morgan fingerprint density at radius 1 is 1.00 bits per heavy atom. The van der Waals surface area contributed by atoms with Crippen molar-refractivity contribution in [3.05, 3.63) is 41.7 Å². The molecule has 152 valence electrons. The maximum atomic E-state index is 4.47. The van der Waals surface area contributed by atoms with Crippen LogP contribution in [-0.4, -0.2) is 62.2 Å². The Kier molecular flexibility index (Phi) is 6.37. The number of nitrogens with zero attached hydrogens (tertiary/aromatic N) is 6. The summed E-state index contributed by atoms with van der Waals surface area (Å²) in [5, 5.41) is 12.8. The van der Waals surface area contributed by atoms with Gasteiger partial charge in [0, 0.05) is 38.8 Å². The van der Waals surface area contributed by atoms with Crippen LogP contribution < -0.4 is 0 Å². The number of benzene rings is 1. The number of hydrogen-bond donors (Lipinski definition) is 0. The molecule has 1 saturated carbocycles. The van der Waals surface area contributed by atoms with Gasteiger partial charge in [0.25, 0.3) is 0 Å². The molecular weight excluding hydrogens is 348 g/mol. The highest BCUT2D eigenvalue weighted by molar-refractivity contribution is 5.14. The third-order valence-corrected chi connectivity index (χ3v) is 6.49. The Morgan fingerprint density at radius 2 is 1.71 bits per heavy atom. The van der Waals surface area contributed by atoms with E-state index in [4.69, 9.17) is 0 Å². The summed E-state index contributed by atoms with van der Waals surface area (Å²) in [5.41, 5.74) is 1.33. The molecule has 6 nitrogen and oxygen atoms in total. The Morgan fingerprint density at radius 3 is 2.39 bits per heavy atom. The van der Waals surface area contributed by atoms with Crippen LogP contribution in [0.15, 0.2) is 30.3 Å². The number of hydrogen-bond acceptors (Lipinski definition) is 5. The Bertz CT molecular complexity index is 714. The van der Waals surface area contributed by atoms with Gasteiger partial charge in [-0.15, -0.1) is 5.10 Å². The molecule has 0 amide bonds. The van der Waals surface area contributed by atoms with Crippen LogP contribution in [0.3, 0.4) is 0 Å². The van der Waals surface area contributed by atoms with Crippen molar-refractivity contribution < 1.29 is 0 Å². The molecule has 2 fully saturated rings. The smallest absolute Gasteiger partial charge is 0.168 e. The summed E-state index contributed by atoms with van der Waals surface area (Å²) in [5.74, 6) is 1.51. The fourth-order valence-electron chi connectivity index (χ4n) is 5.00. The normalized spacial score (nSPS) is 20.8. The molecule has 0 radical (unpaired) electrons. The predicted molar refractivity (Wildman–Crippen MR) is 111 cm³/mol. The van der Waals surface area contributed by atoms with Crippen LogP contribution in [0, 0.1) is 5.92 Å². The lowest BCUT2D eigenvalue weighted by Gasteiger charge is -2.42. The number of aromatic nitrogens is 4. The van der Waals surface area contributed by atoms with Crippen LogP contribution in [0.2, 0.25) is 0 Å². The molecule has 6 heteroatoms. The summed E-state index contributed by atoms with van der Waals surface area (Å²) >= 11 is 0. The monoisotopic (exact) mass is 382 g/mol. The lowest BCUT2D eigenvalue weighted by molar-refractivity contribution is 0.0499. The van der Waals surface area contributed by atoms with E-state index >= 15 is 0 Å². The third kappa shape index (κ3) is 4.44. The standard InChI is InChI=1S/C22H34N6/c1-18(2)21(27-16-14-26(15-17-27)20-10-6-7-11-20)22-23-24-25-28(22)13-12-19-8-4-3-5-9-19/h3-5,8-9,18,20-21H,6-7,10-17H2,1-2H3. The Labute approximate surface area is 168 Å². The first kappa shape index (κ1) is 19.5. The molecule has 0 spiro atoms. The minimum Gasteiger partial charge on any atom is -0.298 e. The first-order valence-electron chi connectivity index (χ1n) is 11.0. The van der Waals surface area contributed by atoms with Gasteiger partial charge < -0.3 is 0 Å². The minimum absolute atomic E-state index is 0.288. The lowest BCUT2D eigenvalue weighted by Crippen LogP contribution is -2.51. The van der Waals surface area contributed by atoms with Crippen LogP contribution in [0.25, 0.3) is 0 Å². The molecule has 1 aliphatic heterocycles. The van der Waals surface area contributed by atoms with Crippen LogP contribution in [-0.2, 0) is 13.0 Å². The van der Waals surface area contributed by atoms with E-state index in [2.05, 4.69) is 69.5 Å². The Hall–Kier alpha value is -1.79. The molecule has 1 saturated heterocycles. The van der Waals surface area contributed by atoms with Gasteiger partial charge in [0.1, 0.15) is 0 Å². The highest BCUT2D eigenvalue weighted by atomic mass is 15.6. The van der Waals surface area contributed by atoms with Crippen LogP contribution in [0.4, 0.5) is 0 Å². The van der Waals surface area contributed by atoms with Gasteiger partial charge in [0.15, 0.2) is 5.82 Å². The van der Waals surface area contributed by atoms with Crippen LogP contribution >= 0.6 is 0 Å². The summed E-state index contributed by atoms with van der Waals surface area (Å²) in [6, 6.07) is 11.7. The third-order valence-electron chi connectivity index (χ3n) is 6.49. The van der Waals surface area contributed by atoms with Gasteiger partial charge in [0.05, 0.1) is 6.04 Å². The average Bonchev–Trinajstić information content (AvgIpc) is 3.40. The first-order valence-corrected chi connectivity index (χ1v) is 11.0. The molecule has 1 unspecified atom stereocenters. The van der Waals surface area contributed by atoms with E-state index in [9.17, 15) is 0 Å². The predicted octanol–water partition coefficient (Wildman–Crippen LogP) is 3.17. The second-order valence-electron chi connectivity index (χ2n) is 8.69. The fourth-order valence-corrected chi connectivity index (χ4v) is 5.00. The summed E-state index contributed by atoms with van der Waals surface area (Å²) in [6.45, 7) is 10.0. The highest BCUT2D eigenvalue weighted by Gasteiger charge is 2.33. The van der Waals surface area contributed by atoms with Gasteiger partial charge in [-0.3, -0.25) is 9.80 Å². The van der Waals surface area contributed by atoms with E-state index in [0.29, 0.717) is 5.92 Å². The number of aryl methyl sites for hydroxylation is 2. The fraction of sp³-hybridized carbons (Fsp3) is 0.682. The summed E-state index contributed by atoms with van der Waals surface area (Å²) in [4.78, 5) is 5.33. The van der Waals surface area contributed by atoms with Crippen molar-refractivity contribution in [2.75, 3.05) is 26.2 Å². The summed E-state index contributed by atoms with van der Waals surface area (Å²) in [7, 11) is 0. The molecule has 0 bridgehead atoms. The van der Waals surface area contributed by atoms with E-state index in [0.717, 1.165) is 37.9 Å². The van der Waals surface area contributed by atoms with E-state index < -0.39 is 0 Å². The molecule has 0 N–H and O–H groups in total. The molecule has 1 aromatic heterocycles. The van der Waals surface area contributed by atoms with Gasteiger partial charge in [-0.1, -0.05) is 57.0 Å². The molecule has 2 aromatic rings. The molecular formula is C22H34N6. The second-order valence-corrected chi connectivity index (χ2v) is 8.69. The van der Waals surface area contributed by atoms with E-state index in [1.54, 1.807) is 0 Å². The summed E-state index contributed by atoms with van der Waals surface area (Å²) < 4.78 is 2.03. The van der Waals surface area contributed by atoms with Crippen molar-refractivity contribution in [1.82, 2.24) is 30.0 Å². The zero-order valence-electron chi connectivity index (χ0n) is 17.4. The number of piperazine rings is 1. The van der Waals surface area contributed by atoms with Crippen molar-refractivity contribution in [2.45, 2.75) is 64.6 Å². The van der Waals surface area contributed by atoms with Gasteiger partial charge in [-0.2, -0.15) is 0 Å². The topological polar surface area (TPSA) is 50.1 Å². The molecule has 1 aliphatic carbocycles. The maximum absolute atomic E-state index is 4.47. The van der Waals surface area contributed by atoms with Gasteiger partial charge in [-0.05, 0) is 41.2 Å². The molecule has 4 rings (SSSR count). The molecule has 28 heavy (non-hydrogen) atoms. The maximum Gasteiger partial charge on any atom is 0.168 e. The zero-order chi connectivity index (χ0) is 19.3. The average molecular weight is 383 g/mol. The van der Waals surface area contributed by atoms with Crippen LogP contribution in [0.1, 0.15) is 57.0 Å². The summed E-state index contributed by atoms with van der Waals surface area (Å²) in [6.07, 6.45) is 6.57. The van der Waals surface area contributed by atoms with Crippen molar-refractivity contribution in [3.63, 3.8) is 0 Å². The minimum atomic E-state index is 0.288. The zero-order valence-corrected chi connectivity index (χ0v) is 17.4. The lowest BCUT2D eigenvalue weighted by atomic mass is 10.00. The van der Waals surface area contributed by atoms with Gasteiger partial charge in [-0.25, -0.2) is 4.68 Å². The van der Waals surface area contributed by atoms with E-state index in [-0.39, 0.29) is 6.04 Å².